The van der Waals surface area contributed by atoms with Crippen molar-refractivity contribution < 1.29 is 28.6 Å². The van der Waals surface area contributed by atoms with Crippen LogP contribution >= 0.6 is 0 Å². The summed E-state index contributed by atoms with van der Waals surface area (Å²) in [7, 11) is 0. The summed E-state index contributed by atoms with van der Waals surface area (Å²) < 4.78 is 16.8. The lowest BCUT2D eigenvalue weighted by Crippen LogP contribution is -2.30. The molecule has 0 bridgehead atoms. The number of hydrogen-bond acceptors (Lipinski definition) is 6. The van der Waals surface area contributed by atoms with Gasteiger partial charge in [-0.15, -0.1) is 0 Å². The molecule has 6 heteroatoms. The van der Waals surface area contributed by atoms with Crippen LogP contribution in [0.25, 0.3) is 0 Å². The summed E-state index contributed by atoms with van der Waals surface area (Å²) in [6.45, 7) is 6.38. The number of carbonyl (C=O) groups excluding carboxylic acids is 3. The van der Waals surface area contributed by atoms with E-state index in [1.54, 1.807) is 0 Å². The van der Waals surface area contributed by atoms with Crippen molar-refractivity contribution in [2.24, 2.45) is 0 Å². The molecule has 6 nitrogen and oxygen atoms in total. The van der Waals surface area contributed by atoms with Gasteiger partial charge in [0.05, 0.1) is 0 Å². The molecule has 0 aromatic carbocycles. The summed E-state index contributed by atoms with van der Waals surface area (Å²) in [4.78, 5) is 38.1. The van der Waals surface area contributed by atoms with Gasteiger partial charge in [0.25, 0.3) is 0 Å². The highest BCUT2D eigenvalue weighted by Gasteiger charge is 2.19. The molecule has 0 aliphatic rings. The van der Waals surface area contributed by atoms with Gasteiger partial charge in [-0.3, -0.25) is 14.4 Å². The van der Waals surface area contributed by atoms with E-state index in [1.165, 1.54) is 64.2 Å². The first-order valence-electron chi connectivity index (χ1n) is 29.2. The highest BCUT2D eigenvalue weighted by Crippen LogP contribution is 2.13. The van der Waals surface area contributed by atoms with Gasteiger partial charge >= 0.3 is 17.9 Å². The van der Waals surface area contributed by atoms with Gasteiger partial charge < -0.3 is 14.2 Å². The summed E-state index contributed by atoms with van der Waals surface area (Å²) in [5.41, 5.74) is 0. The molecule has 0 aromatic heterocycles. The molecule has 0 amide bonds. The van der Waals surface area contributed by atoms with Gasteiger partial charge in [-0.2, -0.15) is 0 Å². The zero-order chi connectivity index (χ0) is 52.2. The molecule has 0 heterocycles. The van der Waals surface area contributed by atoms with Crippen LogP contribution < -0.4 is 0 Å². The number of hydrogen-bond donors (Lipinski definition) is 0. The molecule has 0 aromatic rings. The highest BCUT2D eigenvalue weighted by molar-refractivity contribution is 5.71. The van der Waals surface area contributed by atoms with Crippen LogP contribution in [0.5, 0.6) is 0 Å². The minimum atomic E-state index is -0.808. The zero-order valence-corrected chi connectivity index (χ0v) is 46.4. The summed E-state index contributed by atoms with van der Waals surface area (Å²) in [5, 5.41) is 0. The Kier molecular flexibility index (Phi) is 55.5. The third-order valence-corrected chi connectivity index (χ3v) is 11.8. The van der Waals surface area contributed by atoms with Crippen molar-refractivity contribution in [2.45, 2.75) is 252 Å². The van der Waals surface area contributed by atoms with Crippen LogP contribution in [0.4, 0.5) is 0 Å². The number of ether oxygens (including phenoxy) is 3. The van der Waals surface area contributed by atoms with E-state index in [0.717, 1.165) is 135 Å². The Morgan fingerprint density at radius 3 is 0.944 bits per heavy atom. The van der Waals surface area contributed by atoms with Gasteiger partial charge in [0.2, 0.25) is 0 Å². The van der Waals surface area contributed by atoms with Gasteiger partial charge in [0.1, 0.15) is 13.2 Å². The van der Waals surface area contributed by atoms with Crippen molar-refractivity contribution >= 4 is 17.9 Å². The van der Waals surface area contributed by atoms with Crippen molar-refractivity contribution in [2.75, 3.05) is 13.2 Å². The zero-order valence-electron chi connectivity index (χ0n) is 46.4. The molecular formula is C66H106O6. The molecule has 72 heavy (non-hydrogen) atoms. The molecule has 0 fully saturated rings. The first kappa shape index (κ1) is 67.5. The molecule has 0 radical (unpaired) electrons. The van der Waals surface area contributed by atoms with Gasteiger partial charge in [0, 0.05) is 19.3 Å². The normalized spacial score (nSPS) is 13.1. The van der Waals surface area contributed by atoms with Crippen LogP contribution in [-0.2, 0) is 28.6 Å². The standard InChI is InChI=1S/C66H106O6/c1-4-7-10-13-16-19-22-24-26-28-29-30-31-32-33-34-35-36-37-39-40-42-44-47-50-53-56-59-65(68)71-62-63(61-70-64(67)58-55-52-49-46-21-18-15-12-9-6-3)72-66(69)60-57-54-51-48-45-43-41-38-27-25-23-20-17-14-11-8-5-2/h7,10,12,15-17,19-20,24-27,29-30,32-33,35-36,39-40,44,47,63H,4-6,8-9,11,13-14,18,21-23,28,31,34,37-38,41-43,45-46,48-62H2,1-3H3/b10-7-,15-12-,19-16-,20-17-,26-24-,27-25-,30-29-,33-32-,36-35-,40-39-,47-44-. The maximum absolute atomic E-state index is 12.8. The number of carbonyl (C=O) groups is 3. The molecule has 0 aliphatic heterocycles. The van der Waals surface area contributed by atoms with E-state index in [0.29, 0.717) is 25.7 Å². The lowest BCUT2D eigenvalue weighted by atomic mass is 10.1. The van der Waals surface area contributed by atoms with Crippen molar-refractivity contribution in [3.63, 3.8) is 0 Å². The lowest BCUT2D eigenvalue weighted by Gasteiger charge is -2.18. The van der Waals surface area contributed by atoms with Crippen LogP contribution in [0.3, 0.4) is 0 Å². The van der Waals surface area contributed by atoms with E-state index in [-0.39, 0.29) is 31.1 Å². The van der Waals surface area contributed by atoms with E-state index < -0.39 is 6.10 Å². The monoisotopic (exact) mass is 995 g/mol. The van der Waals surface area contributed by atoms with Gasteiger partial charge in [0.15, 0.2) is 6.10 Å². The van der Waals surface area contributed by atoms with Crippen LogP contribution in [-0.4, -0.2) is 37.2 Å². The SMILES string of the molecule is CC/C=C\C/C=C\C/C=C\C/C=C\C/C=C\C/C=C\C/C=C\C/C=C\CCCCC(=O)OCC(COC(=O)CCCCCCC/C=C\CCC)OC(=O)CCCCCCCCC/C=C\C/C=C\CCCCC. The Morgan fingerprint density at radius 2 is 0.569 bits per heavy atom. The quantitative estimate of drug-likeness (QED) is 0.0261. The molecule has 0 saturated heterocycles. The first-order chi connectivity index (χ1) is 35.5. The van der Waals surface area contributed by atoms with E-state index in [2.05, 4.69) is 154 Å². The predicted molar refractivity (Wildman–Crippen MR) is 311 cm³/mol. The Morgan fingerprint density at radius 1 is 0.292 bits per heavy atom. The summed E-state index contributed by atoms with van der Waals surface area (Å²) in [6, 6.07) is 0. The summed E-state index contributed by atoms with van der Waals surface area (Å²) >= 11 is 0. The lowest BCUT2D eigenvalue weighted by molar-refractivity contribution is -0.167. The van der Waals surface area contributed by atoms with Gasteiger partial charge in [-0.1, -0.05) is 225 Å². The molecular weight excluding hydrogens is 889 g/mol. The Hall–Kier alpha value is -4.45. The van der Waals surface area contributed by atoms with E-state index in [9.17, 15) is 14.4 Å². The molecule has 0 saturated carbocycles. The van der Waals surface area contributed by atoms with Crippen molar-refractivity contribution in [1.82, 2.24) is 0 Å². The smallest absolute Gasteiger partial charge is 0.306 e. The maximum Gasteiger partial charge on any atom is 0.306 e. The third kappa shape index (κ3) is 56.5. The molecule has 0 spiro atoms. The molecule has 406 valence electrons. The van der Waals surface area contributed by atoms with Gasteiger partial charge in [-0.25, -0.2) is 0 Å². The van der Waals surface area contributed by atoms with Crippen LogP contribution in [0.1, 0.15) is 245 Å². The Bertz CT molecular complexity index is 1560. The number of rotatable bonds is 51. The fourth-order valence-electron chi connectivity index (χ4n) is 7.49. The van der Waals surface area contributed by atoms with Crippen LogP contribution in [0, 0.1) is 0 Å². The summed E-state index contributed by atoms with van der Waals surface area (Å²) in [6.07, 6.45) is 83.1. The molecule has 0 aliphatic carbocycles. The second-order valence-electron chi connectivity index (χ2n) is 18.8. The average molecular weight is 996 g/mol. The fraction of sp³-hybridized carbons (Fsp3) is 0.621. The van der Waals surface area contributed by atoms with Crippen LogP contribution in [0.15, 0.2) is 134 Å². The second-order valence-corrected chi connectivity index (χ2v) is 18.8. The molecule has 1 unspecified atom stereocenters. The third-order valence-electron chi connectivity index (χ3n) is 11.8. The minimum absolute atomic E-state index is 0.104. The van der Waals surface area contributed by atoms with Crippen molar-refractivity contribution in [3.8, 4) is 0 Å². The Labute approximate surface area is 443 Å². The van der Waals surface area contributed by atoms with E-state index in [4.69, 9.17) is 14.2 Å². The number of allylic oxidation sites excluding steroid dienone is 22. The summed E-state index contributed by atoms with van der Waals surface area (Å²) in [5.74, 6) is -0.972. The fourth-order valence-corrected chi connectivity index (χ4v) is 7.49. The van der Waals surface area contributed by atoms with E-state index >= 15 is 0 Å². The van der Waals surface area contributed by atoms with Gasteiger partial charge in [-0.05, 0) is 135 Å². The molecule has 0 rings (SSSR count). The molecule has 1 atom stereocenters. The minimum Gasteiger partial charge on any atom is -0.462 e. The predicted octanol–water partition coefficient (Wildman–Crippen LogP) is 19.8. The maximum atomic E-state index is 12.8. The Balaban J connectivity index is 4.41. The van der Waals surface area contributed by atoms with Crippen LogP contribution in [0.2, 0.25) is 0 Å². The largest absolute Gasteiger partial charge is 0.462 e. The topological polar surface area (TPSA) is 78.9 Å². The highest BCUT2D eigenvalue weighted by atomic mass is 16.6. The van der Waals surface area contributed by atoms with E-state index in [1.807, 2.05) is 0 Å². The average Bonchev–Trinajstić information content (AvgIpc) is 3.38. The van der Waals surface area contributed by atoms with Crippen molar-refractivity contribution in [1.29, 1.82) is 0 Å². The van der Waals surface area contributed by atoms with Crippen molar-refractivity contribution in [3.05, 3.63) is 134 Å². The number of unbranched alkanes of at least 4 members (excludes halogenated alkanes) is 18. The first-order valence-corrected chi connectivity index (χ1v) is 29.2. The number of esters is 3. The molecule has 0 N–H and O–H groups in total. The second kappa shape index (κ2) is 59.1.